The maximum absolute atomic E-state index is 10.8. The van der Waals surface area contributed by atoms with E-state index in [2.05, 4.69) is 32.2 Å². The lowest BCUT2D eigenvalue weighted by molar-refractivity contribution is 0.112. The molecule has 6 nitrogen and oxygen atoms in total. The van der Waals surface area contributed by atoms with E-state index in [0.717, 1.165) is 71.0 Å². The summed E-state index contributed by atoms with van der Waals surface area (Å²) in [6, 6.07) is 0. The minimum Gasteiger partial charge on any atom is -0.396 e. The van der Waals surface area contributed by atoms with Gasteiger partial charge in [-0.3, -0.25) is 4.52 Å². The summed E-state index contributed by atoms with van der Waals surface area (Å²) < 4.78 is 21.3. The molecule has 0 fully saturated rings. The van der Waals surface area contributed by atoms with Gasteiger partial charge < -0.3 is 19.6 Å². The monoisotopic (exact) mass is 480 g/mol. The number of hydrogen-bond donors (Lipinski definition) is 3. The summed E-state index contributed by atoms with van der Waals surface area (Å²) >= 11 is 0. The highest BCUT2D eigenvalue weighted by Crippen LogP contribution is 2.40. The highest BCUT2D eigenvalue weighted by atomic mass is 31.2. The van der Waals surface area contributed by atoms with Crippen LogP contribution >= 0.6 is 7.82 Å². The fourth-order valence-corrected chi connectivity index (χ4v) is 5.28. The van der Waals surface area contributed by atoms with E-state index in [4.69, 9.17) is 19.6 Å². The summed E-state index contributed by atoms with van der Waals surface area (Å²) in [6.45, 7) is 11.1. The Kier molecular flexibility index (Phi) is 18.4. The maximum atomic E-state index is 10.8. The van der Waals surface area contributed by atoms with Gasteiger partial charge in [0.25, 0.3) is 0 Å². The van der Waals surface area contributed by atoms with Crippen molar-refractivity contribution in [3.8, 4) is 0 Å². The molecule has 0 atom stereocenters. The molecule has 0 amide bonds. The van der Waals surface area contributed by atoms with Crippen LogP contribution in [0.2, 0.25) is 0 Å². The van der Waals surface area contributed by atoms with E-state index in [1.807, 2.05) is 0 Å². The molecule has 32 heavy (non-hydrogen) atoms. The van der Waals surface area contributed by atoms with Gasteiger partial charge in [0, 0.05) is 19.8 Å². The molecule has 194 valence electrons. The van der Waals surface area contributed by atoms with Crippen LogP contribution in [0, 0.1) is 10.8 Å². The SMILES string of the molecule is CCC(CC)(CCCCO)CCCCOCCCCC(CC)(CC)CCCOP(=O)(O)O. The highest BCUT2D eigenvalue weighted by Gasteiger charge is 2.26. The quantitative estimate of drug-likeness (QED) is 0.108. The van der Waals surface area contributed by atoms with Gasteiger partial charge in [-0.15, -0.1) is 0 Å². The van der Waals surface area contributed by atoms with E-state index in [0.29, 0.717) is 18.4 Å². The fraction of sp³-hybridized carbons (Fsp3) is 1.00. The zero-order chi connectivity index (χ0) is 24.3. The third-order valence-electron chi connectivity index (χ3n) is 7.72. The minimum atomic E-state index is -4.35. The van der Waals surface area contributed by atoms with Crippen molar-refractivity contribution >= 4 is 7.82 Å². The molecule has 0 rings (SSSR count). The van der Waals surface area contributed by atoms with E-state index in [1.165, 1.54) is 32.1 Å². The Hall–Kier alpha value is 0.0300. The summed E-state index contributed by atoms with van der Waals surface area (Å²) in [5.74, 6) is 0. The van der Waals surface area contributed by atoms with Crippen molar-refractivity contribution in [2.45, 2.75) is 124 Å². The Morgan fingerprint density at radius 2 is 1.03 bits per heavy atom. The van der Waals surface area contributed by atoms with Gasteiger partial charge >= 0.3 is 7.82 Å². The molecule has 3 N–H and O–H groups in total. The molecule has 0 bridgehead atoms. The second-order valence-corrected chi connectivity index (χ2v) is 10.8. The summed E-state index contributed by atoms with van der Waals surface area (Å²) in [4.78, 5) is 17.6. The first kappa shape index (κ1) is 32.0. The van der Waals surface area contributed by atoms with Crippen LogP contribution in [-0.4, -0.2) is 41.3 Å². The molecular weight excluding hydrogens is 427 g/mol. The zero-order valence-electron chi connectivity index (χ0n) is 21.4. The van der Waals surface area contributed by atoms with E-state index in [1.54, 1.807) is 0 Å². The Bertz CT molecular complexity index is 471. The van der Waals surface area contributed by atoms with Crippen molar-refractivity contribution in [2.75, 3.05) is 26.4 Å². The Morgan fingerprint density at radius 1 is 0.625 bits per heavy atom. The van der Waals surface area contributed by atoms with Crippen LogP contribution in [0.15, 0.2) is 0 Å². The van der Waals surface area contributed by atoms with Crippen LogP contribution in [0.3, 0.4) is 0 Å². The van der Waals surface area contributed by atoms with Crippen molar-refractivity contribution in [1.29, 1.82) is 0 Å². The van der Waals surface area contributed by atoms with E-state index in [-0.39, 0.29) is 12.0 Å². The average molecular weight is 481 g/mol. The predicted molar refractivity (Wildman–Crippen MR) is 133 cm³/mol. The number of rotatable bonds is 23. The number of phosphoric ester groups is 1. The zero-order valence-corrected chi connectivity index (χ0v) is 22.3. The number of unbranched alkanes of at least 4 members (excludes halogenated alkanes) is 3. The van der Waals surface area contributed by atoms with Gasteiger partial charge in [-0.25, -0.2) is 4.57 Å². The summed E-state index contributed by atoms with van der Waals surface area (Å²) in [7, 11) is -4.35. The molecule has 0 aliphatic heterocycles. The van der Waals surface area contributed by atoms with Crippen LogP contribution in [0.1, 0.15) is 124 Å². The van der Waals surface area contributed by atoms with Gasteiger partial charge in [-0.05, 0) is 62.2 Å². The van der Waals surface area contributed by atoms with Gasteiger partial charge in [-0.1, -0.05) is 72.6 Å². The lowest BCUT2D eigenvalue weighted by atomic mass is 9.74. The van der Waals surface area contributed by atoms with Crippen molar-refractivity contribution in [3.05, 3.63) is 0 Å². The van der Waals surface area contributed by atoms with Crippen LogP contribution in [0.25, 0.3) is 0 Å². The standard InChI is InChI=1S/C25H53O6P/c1-5-24(6-2,16-9-12-20-26)17-10-13-21-30-22-14-11-18-25(7-3,8-4)19-15-23-31-32(27,28)29/h26H,5-23H2,1-4H3,(H2,27,28,29). The van der Waals surface area contributed by atoms with E-state index in [9.17, 15) is 4.57 Å². The third kappa shape index (κ3) is 15.0. The van der Waals surface area contributed by atoms with Crippen LogP contribution < -0.4 is 0 Å². The molecular formula is C25H53O6P. The van der Waals surface area contributed by atoms with Crippen LogP contribution in [-0.2, 0) is 13.8 Å². The maximum Gasteiger partial charge on any atom is 0.469 e. The fourth-order valence-electron chi connectivity index (χ4n) is 4.92. The molecule has 0 aliphatic rings. The van der Waals surface area contributed by atoms with Gasteiger partial charge in [0.05, 0.1) is 6.61 Å². The smallest absolute Gasteiger partial charge is 0.396 e. The molecule has 0 heterocycles. The van der Waals surface area contributed by atoms with Crippen molar-refractivity contribution in [3.63, 3.8) is 0 Å². The van der Waals surface area contributed by atoms with Gasteiger partial charge in [0.1, 0.15) is 0 Å². The van der Waals surface area contributed by atoms with Gasteiger partial charge in [-0.2, -0.15) is 0 Å². The first-order chi connectivity index (χ1) is 15.2. The second kappa shape index (κ2) is 18.4. The van der Waals surface area contributed by atoms with Gasteiger partial charge in [0.2, 0.25) is 0 Å². The number of aliphatic hydroxyl groups is 1. The highest BCUT2D eigenvalue weighted by molar-refractivity contribution is 7.46. The number of aliphatic hydroxyl groups excluding tert-OH is 1. The second-order valence-electron chi connectivity index (χ2n) is 9.55. The lowest BCUT2D eigenvalue weighted by Gasteiger charge is -2.32. The van der Waals surface area contributed by atoms with Crippen molar-refractivity contribution in [2.24, 2.45) is 10.8 Å². The third-order valence-corrected chi connectivity index (χ3v) is 8.24. The summed E-state index contributed by atoms with van der Waals surface area (Å²) in [6.07, 6.45) is 16.4. The Balaban J connectivity index is 3.99. The first-order valence-corrected chi connectivity index (χ1v) is 14.6. The van der Waals surface area contributed by atoms with Crippen molar-refractivity contribution in [1.82, 2.24) is 0 Å². The van der Waals surface area contributed by atoms with E-state index < -0.39 is 7.82 Å². The molecule has 0 aromatic heterocycles. The first-order valence-electron chi connectivity index (χ1n) is 13.1. The molecule has 0 aliphatic carbocycles. The molecule has 0 spiro atoms. The molecule has 0 saturated heterocycles. The largest absolute Gasteiger partial charge is 0.469 e. The van der Waals surface area contributed by atoms with Crippen LogP contribution in [0.4, 0.5) is 0 Å². The minimum absolute atomic E-state index is 0.119. The Labute approximate surface area is 198 Å². The molecule has 0 saturated carbocycles. The Morgan fingerprint density at radius 3 is 1.41 bits per heavy atom. The molecule has 0 unspecified atom stereocenters. The van der Waals surface area contributed by atoms with E-state index >= 15 is 0 Å². The molecule has 0 radical (unpaired) electrons. The molecule has 7 heteroatoms. The summed E-state index contributed by atoms with van der Waals surface area (Å²) in [5, 5.41) is 9.04. The normalized spacial score (nSPS) is 13.1. The topological polar surface area (TPSA) is 96.2 Å². The molecule has 0 aromatic carbocycles. The lowest BCUT2D eigenvalue weighted by Crippen LogP contribution is -2.20. The average Bonchev–Trinajstić information content (AvgIpc) is 2.78. The number of hydrogen-bond acceptors (Lipinski definition) is 4. The van der Waals surface area contributed by atoms with Gasteiger partial charge in [0.15, 0.2) is 0 Å². The van der Waals surface area contributed by atoms with Crippen molar-refractivity contribution < 1.29 is 28.7 Å². The number of phosphoric acid groups is 1. The summed E-state index contributed by atoms with van der Waals surface area (Å²) in [5.41, 5.74) is 0.674. The predicted octanol–water partition coefficient (Wildman–Crippen LogP) is 7.01. The van der Waals surface area contributed by atoms with Crippen LogP contribution in [0.5, 0.6) is 0 Å². The molecule has 0 aromatic rings. The number of ether oxygens (including phenoxy) is 1.